The molecule has 5 aromatic rings. The van der Waals surface area contributed by atoms with Crippen molar-refractivity contribution in [2.75, 3.05) is 5.32 Å². The van der Waals surface area contributed by atoms with Gasteiger partial charge in [-0.1, -0.05) is 60.7 Å². The molecule has 0 spiro atoms. The van der Waals surface area contributed by atoms with Gasteiger partial charge in [0.2, 0.25) is 0 Å². The first-order chi connectivity index (χ1) is 11.9. The van der Waals surface area contributed by atoms with Gasteiger partial charge >= 0.3 is 0 Å². The van der Waals surface area contributed by atoms with Crippen LogP contribution in [0.4, 0.5) is 11.4 Å². The lowest BCUT2D eigenvalue weighted by Gasteiger charge is -2.11. The molecule has 1 aromatic heterocycles. The highest BCUT2D eigenvalue weighted by Crippen LogP contribution is 2.41. The highest BCUT2D eigenvalue weighted by molar-refractivity contribution is 7.26. The van der Waals surface area contributed by atoms with Gasteiger partial charge in [-0.2, -0.15) is 0 Å². The molecule has 5 rings (SSSR count). The smallest absolute Gasteiger partial charge is 0.0478 e. The van der Waals surface area contributed by atoms with Crippen LogP contribution in [0.15, 0.2) is 84.9 Å². The molecule has 1 nitrogen and oxygen atoms in total. The monoisotopic (exact) mass is 325 g/mol. The van der Waals surface area contributed by atoms with Crippen molar-refractivity contribution < 1.29 is 0 Å². The van der Waals surface area contributed by atoms with Crippen LogP contribution in [0.25, 0.3) is 30.9 Å². The summed E-state index contributed by atoms with van der Waals surface area (Å²) in [5, 5.41) is 8.88. The van der Waals surface area contributed by atoms with Gasteiger partial charge in [0.1, 0.15) is 0 Å². The van der Waals surface area contributed by atoms with E-state index in [1.165, 1.54) is 30.9 Å². The van der Waals surface area contributed by atoms with Crippen molar-refractivity contribution in [1.29, 1.82) is 0 Å². The average molecular weight is 325 g/mol. The maximum Gasteiger partial charge on any atom is 0.0478 e. The standard InChI is InChI=1S/C22H15NS/c1-2-8-15(9-3-1)23-19-14-21-22(17-11-5-4-10-16(17)19)18-12-6-7-13-20(18)24-21/h1-14,23H. The van der Waals surface area contributed by atoms with Crippen LogP contribution in [0.3, 0.4) is 0 Å². The molecule has 0 bridgehead atoms. The minimum absolute atomic E-state index is 1.11. The Morgan fingerprint density at radius 3 is 2.08 bits per heavy atom. The van der Waals surface area contributed by atoms with Crippen LogP contribution in [0, 0.1) is 0 Å². The molecule has 4 aromatic carbocycles. The number of nitrogens with one attached hydrogen (secondary N) is 1. The van der Waals surface area contributed by atoms with Gasteiger partial charge in [-0.25, -0.2) is 0 Å². The molecule has 0 saturated carbocycles. The maximum atomic E-state index is 3.59. The molecule has 0 radical (unpaired) electrons. The fraction of sp³-hybridized carbons (Fsp3) is 0. The zero-order valence-electron chi connectivity index (χ0n) is 13.0. The second-order valence-corrected chi connectivity index (χ2v) is 7.02. The minimum Gasteiger partial charge on any atom is -0.355 e. The summed E-state index contributed by atoms with van der Waals surface area (Å²) in [7, 11) is 0. The van der Waals surface area contributed by atoms with Crippen LogP contribution in [0.1, 0.15) is 0 Å². The van der Waals surface area contributed by atoms with E-state index >= 15 is 0 Å². The third-order valence-corrected chi connectivity index (χ3v) is 5.56. The number of benzene rings is 4. The van der Waals surface area contributed by atoms with E-state index in [1.54, 1.807) is 0 Å². The van der Waals surface area contributed by atoms with Gasteiger partial charge in [0.15, 0.2) is 0 Å². The quantitative estimate of drug-likeness (QED) is 0.370. The van der Waals surface area contributed by atoms with Crippen molar-refractivity contribution in [2.24, 2.45) is 0 Å². The molecule has 0 saturated heterocycles. The van der Waals surface area contributed by atoms with Crippen molar-refractivity contribution in [1.82, 2.24) is 0 Å². The summed E-state index contributed by atoms with van der Waals surface area (Å²) in [6.45, 7) is 0. The number of hydrogen-bond donors (Lipinski definition) is 1. The second-order valence-electron chi connectivity index (χ2n) is 5.93. The van der Waals surface area contributed by atoms with E-state index in [0.29, 0.717) is 0 Å². The summed E-state index contributed by atoms with van der Waals surface area (Å²) < 4.78 is 2.67. The summed E-state index contributed by atoms with van der Waals surface area (Å²) in [4.78, 5) is 0. The Balaban J connectivity index is 1.85. The van der Waals surface area contributed by atoms with E-state index in [4.69, 9.17) is 0 Å². The van der Waals surface area contributed by atoms with Crippen LogP contribution in [-0.4, -0.2) is 0 Å². The molecule has 0 amide bonds. The molecule has 0 atom stereocenters. The molecule has 0 aliphatic rings. The third kappa shape index (κ3) is 2.08. The van der Waals surface area contributed by atoms with Crippen LogP contribution < -0.4 is 5.32 Å². The van der Waals surface area contributed by atoms with Gasteiger partial charge in [0.25, 0.3) is 0 Å². The van der Waals surface area contributed by atoms with Gasteiger partial charge in [0, 0.05) is 36.9 Å². The van der Waals surface area contributed by atoms with Gasteiger partial charge < -0.3 is 5.32 Å². The Kier molecular flexibility index (Phi) is 3.03. The molecule has 0 aliphatic heterocycles. The highest BCUT2D eigenvalue weighted by Gasteiger charge is 2.11. The predicted molar refractivity (Wildman–Crippen MR) is 107 cm³/mol. The third-order valence-electron chi connectivity index (χ3n) is 4.44. The molecule has 0 fully saturated rings. The van der Waals surface area contributed by atoms with Gasteiger partial charge in [-0.05, 0) is 29.7 Å². The summed E-state index contributed by atoms with van der Waals surface area (Å²) in [5.74, 6) is 0. The number of thiophene rings is 1. The molecule has 0 aliphatic carbocycles. The number of rotatable bonds is 2. The van der Waals surface area contributed by atoms with E-state index in [2.05, 4.69) is 84.2 Å². The zero-order valence-corrected chi connectivity index (χ0v) is 13.8. The Morgan fingerprint density at radius 2 is 1.25 bits per heavy atom. The Morgan fingerprint density at radius 1 is 0.583 bits per heavy atom. The molecule has 114 valence electrons. The van der Waals surface area contributed by atoms with Crippen molar-refractivity contribution in [3.05, 3.63) is 84.9 Å². The topological polar surface area (TPSA) is 12.0 Å². The van der Waals surface area contributed by atoms with Crippen molar-refractivity contribution in [3.63, 3.8) is 0 Å². The molecule has 1 heterocycles. The Hall–Kier alpha value is -2.84. The largest absolute Gasteiger partial charge is 0.355 e. The highest BCUT2D eigenvalue weighted by atomic mass is 32.1. The summed E-state index contributed by atoms with van der Waals surface area (Å²) in [5.41, 5.74) is 2.28. The van der Waals surface area contributed by atoms with Gasteiger partial charge in [-0.15, -0.1) is 11.3 Å². The Bertz CT molecular complexity index is 1170. The molecule has 0 unspecified atom stereocenters. The van der Waals surface area contributed by atoms with Crippen LogP contribution in [0.2, 0.25) is 0 Å². The Labute approximate surface area is 144 Å². The average Bonchev–Trinajstić information content (AvgIpc) is 3.01. The SMILES string of the molecule is c1ccc(Nc2cc3sc4ccccc4c3c3ccccc23)cc1. The second kappa shape index (κ2) is 5.36. The first kappa shape index (κ1) is 13.6. The van der Waals surface area contributed by atoms with Crippen LogP contribution >= 0.6 is 11.3 Å². The van der Waals surface area contributed by atoms with Gasteiger partial charge in [-0.3, -0.25) is 0 Å². The van der Waals surface area contributed by atoms with Gasteiger partial charge in [0.05, 0.1) is 0 Å². The summed E-state index contributed by atoms with van der Waals surface area (Å²) in [6.07, 6.45) is 0. The number of anilines is 2. The fourth-order valence-corrected chi connectivity index (χ4v) is 4.53. The lowest BCUT2D eigenvalue weighted by molar-refractivity contribution is 1.59. The van der Waals surface area contributed by atoms with Crippen LogP contribution in [-0.2, 0) is 0 Å². The summed E-state index contributed by atoms with van der Waals surface area (Å²) in [6, 6.07) is 30.0. The first-order valence-corrected chi connectivity index (χ1v) is 8.87. The molecular formula is C22H15NS. The summed E-state index contributed by atoms with van der Waals surface area (Å²) >= 11 is 1.86. The van der Waals surface area contributed by atoms with E-state index in [-0.39, 0.29) is 0 Å². The molecule has 2 heteroatoms. The number of fused-ring (bicyclic) bond motifs is 5. The molecule has 24 heavy (non-hydrogen) atoms. The van der Waals surface area contributed by atoms with Crippen molar-refractivity contribution >= 4 is 53.7 Å². The van der Waals surface area contributed by atoms with E-state index < -0.39 is 0 Å². The van der Waals surface area contributed by atoms with E-state index in [9.17, 15) is 0 Å². The maximum absolute atomic E-state index is 3.59. The van der Waals surface area contributed by atoms with Crippen molar-refractivity contribution in [3.8, 4) is 0 Å². The number of hydrogen-bond acceptors (Lipinski definition) is 2. The first-order valence-electron chi connectivity index (χ1n) is 8.05. The zero-order chi connectivity index (χ0) is 15.9. The van der Waals surface area contributed by atoms with E-state index in [1.807, 2.05) is 17.4 Å². The van der Waals surface area contributed by atoms with Crippen molar-refractivity contribution in [2.45, 2.75) is 0 Å². The number of para-hydroxylation sites is 1. The lowest BCUT2D eigenvalue weighted by atomic mass is 10.0. The minimum atomic E-state index is 1.11. The lowest BCUT2D eigenvalue weighted by Crippen LogP contribution is -1.91. The molecule has 1 N–H and O–H groups in total. The normalized spacial score (nSPS) is 11.3. The van der Waals surface area contributed by atoms with E-state index in [0.717, 1.165) is 11.4 Å². The predicted octanol–water partition coefficient (Wildman–Crippen LogP) is 6.95. The fourth-order valence-electron chi connectivity index (χ4n) is 3.37. The van der Waals surface area contributed by atoms with Crippen LogP contribution in [0.5, 0.6) is 0 Å². The molecular weight excluding hydrogens is 310 g/mol.